The van der Waals surface area contributed by atoms with E-state index in [1.807, 2.05) is 20.8 Å². The van der Waals surface area contributed by atoms with Gasteiger partial charge in [-0.05, 0) is 65.2 Å². The Morgan fingerprint density at radius 1 is 1.12 bits per heavy atom. The molecule has 1 aromatic rings. The van der Waals surface area contributed by atoms with E-state index in [0.29, 0.717) is 24.1 Å². The van der Waals surface area contributed by atoms with Crippen LogP contribution in [-0.4, -0.2) is 47.0 Å². The summed E-state index contributed by atoms with van der Waals surface area (Å²) in [5.41, 5.74) is 0.648. The van der Waals surface area contributed by atoms with Crippen LogP contribution in [0.5, 0.6) is 0 Å². The second-order valence-corrected chi connectivity index (χ2v) is 9.18. The van der Waals surface area contributed by atoms with Gasteiger partial charge in [-0.15, -0.1) is 6.42 Å². The highest BCUT2D eigenvalue weighted by Gasteiger charge is 2.36. The number of carbonyl (C=O) groups excluding carboxylic acids is 3. The molecule has 3 amide bonds. The molecule has 1 aromatic carbocycles. The number of nitrogens with zero attached hydrogens (tertiary/aromatic N) is 1. The van der Waals surface area contributed by atoms with Crippen molar-refractivity contribution < 1.29 is 19.1 Å². The number of benzene rings is 1. The van der Waals surface area contributed by atoms with Crippen LogP contribution in [0.25, 0.3) is 0 Å². The highest BCUT2D eigenvalue weighted by atomic mass is 16.6. The number of alkyl carbamates (subject to hydrolysis) is 1. The summed E-state index contributed by atoms with van der Waals surface area (Å²) < 4.78 is 5.29. The first kappa shape index (κ1) is 28.0. The van der Waals surface area contributed by atoms with E-state index in [0.717, 1.165) is 12.8 Å². The van der Waals surface area contributed by atoms with Crippen LogP contribution in [0, 0.1) is 12.3 Å². The largest absolute Gasteiger partial charge is 0.444 e. The summed E-state index contributed by atoms with van der Waals surface area (Å²) in [6, 6.07) is 5.05. The Bertz CT molecular complexity index is 837. The van der Waals surface area contributed by atoms with Crippen molar-refractivity contribution in [1.82, 2.24) is 15.5 Å². The van der Waals surface area contributed by atoms with Crippen LogP contribution in [0.4, 0.5) is 4.79 Å². The maximum absolute atomic E-state index is 13.6. The van der Waals surface area contributed by atoms with Crippen LogP contribution in [0.3, 0.4) is 0 Å². The van der Waals surface area contributed by atoms with Gasteiger partial charge in [0.2, 0.25) is 11.8 Å². The Morgan fingerprint density at radius 2 is 1.73 bits per heavy atom. The second kappa shape index (κ2) is 12.9. The molecule has 182 valence electrons. The van der Waals surface area contributed by atoms with Crippen molar-refractivity contribution in [2.24, 2.45) is 0 Å². The molecule has 3 unspecified atom stereocenters. The quantitative estimate of drug-likeness (QED) is 0.408. The van der Waals surface area contributed by atoms with Gasteiger partial charge in [0.25, 0.3) is 0 Å². The minimum absolute atomic E-state index is 0.255. The molecule has 7 heteroatoms. The van der Waals surface area contributed by atoms with Crippen molar-refractivity contribution in [1.29, 1.82) is 0 Å². The van der Waals surface area contributed by atoms with E-state index < -0.39 is 23.8 Å². The van der Waals surface area contributed by atoms with Gasteiger partial charge in [0.15, 0.2) is 0 Å². The van der Waals surface area contributed by atoms with E-state index in [-0.39, 0.29) is 17.9 Å². The van der Waals surface area contributed by atoms with Crippen molar-refractivity contribution in [2.45, 2.75) is 91.5 Å². The number of ether oxygens (including phenoxy) is 1. The van der Waals surface area contributed by atoms with Crippen LogP contribution in [0.1, 0.15) is 84.9 Å². The summed E-state index contributed by atoms with van der Waals surface area (Å²) in [5, 5.41) is 5.55. The molecule has 0 bridgehead atoms. The van der Waals surface area contributed by atoms with Gasteiger partial charge >= 0.3 is 6.09 Å². The van der Waals surface area contributed by atoms with Crippen LogP contribution < -0.4 is 10.6 Å². The lowest BCUT2D eigenvalue weighted by Crippen LogP contribution is -2.54. The lowest BCUT2D eigenvalue weighted by Gasteiger charge is -2.37. The average molecular weight is 458 g/mol. The molecule has 0 spiro atoms. The molecule has 0 fully saturated rings. The molecule has 0 heterocycles. The van der Waals surface area contributed by atoms with Crippen molar-refractivity contribution in [2.75, 3.05) is 6.54 Å². The molecule has 0 aliphatic rings. The first-order chi connectivity index (χ1) is 15.4. The van der Waals surface area contributed by atoms with Gasteiger partial charge < -0.3 is 20.3 Å². The molecule has 0 aliphatic heterocycles. The van der Waals surface area contributed by atoms with Gasteiger partial charge in [-0.1, -0.05) is 38.3 Å². The summed E-state index contributed by atoms with van der Waals surface area (Å²) in [7, 11) is 0. The molecular formula is C26H39N3O4. The predicted octanol–water partition coefficient (Wildman–Crippen LogP) is 4.17. The molecule has 0 aliphatic carbocycles. The molecular weight excluding hydrogens is 418 g/mol. The normalized spacial score (nSPS) is 13.8. The van der Waals surface area contributed by atoms with Crippen LogP contribution in [-0.2, 0) is 14.3 Å². The first-order valence-corrected chi connectivity index (χ1v) is 11.6. The molecule has 0 saturated carbocycles. The Labute approximate surface area is 198 Å². The molecule has 1 rings (SSSR count). The zero-order chi connectivity index (χ0) is 25.2. The Hall–Kier alpha value is -3.01. The van der Waals surface area contributed by atoms with Crippen molar-refractivity contribution in [3.05, 3.63) is 35.4 Å². The van der Waals surface area contributed by atoms with Gasteiger partial charge in [0.1, 0.15) is 17.7 Å². The third-order valence-corrected chi connectivity index (χ3v) is 5.17. The molecule has 0 aromatic heterocycles. The molecule has 33 heavy (non-hydrogen) atoms. The zero-order valence-corrected chi connectivity index (χ0v) is 21.0. The van der Waals surface area contributed by atoms with Crippen LogP contribution in [0.15, 0.2) is 24.3 Å². The lowest BCUT2D eigenvalue weighted by molar-refractivity contribution is -0.144. The number of hydrogen-bond donors (Lipinski definition) is 2. The maximum Gasteiger partial charge on any atom is 0.408 e. The molecule has 3 atom stereocenters. The topological polar surface area (TPSA) is 87.7 Å². The molecule has 0 saturated heterocycles. The van der Waals surface area contributed by atoms with E-state index in [4.69, 9.17) is 11.2 Å². The fourth-order valence-corrected chi connectivity index (χ4v) is 3.25. The molecule has 0 radical (unpaired) electrons. The van der Waals surface area contributed by atoms with Crippen molar-refractivity contribution in [3.8, 4) is 12.3 Å². The molecule has 2 N–H and O–H groups in total. The fraction of sp³-hybridized carbons (Fsp3) is 0.577. The van der Waals surface area contributed by atoms with Crippen molar-refractivity contribution >= 4 is 17.9 Å². The maximum atomic E-state index is 13.6. The van der Waals surface area contributed by atoms with Crippen LogP contribution >= 0.6 is 0 Å². The number of amides is 3. The number of hydrogen-bond acceptors (Lipinski definition) is 4. The van der Waals surface area contributed by atoms with E-state index in [1.54, 1.807) is 56.9 Å². The summed E-state index contributed by atoms with van der Waals surface area (Å²) >= 11 is 0. The van der Waals surface area contributed by atoms with Crippen molar-refractivity contribution in [3.63, 3.8) is 0 Å². The summed E-state index contributed by atoms with van der Waals surface area (Å²) in [4.78, 5) is 40.7. The standard InChI is InChI=1S/C26H39N3O4/c1-9-12-17-27-23(30)22(21-15-13-20(11-3)14-16-21)29(18(4)10-2)24(31)19(5)28-25(32)33-26(6,7)8/h3,13-16,18-19,22H,9-10,12,17H2,1-2,4-8H3,(H,27,30)(H,28,32). The number of unbranched alkanes of at least 4 members (excludes halogenated alkanes) is 1. The van der Waals surface area contributed by atoms with Gasteiger partial charge in [-0.25, -0.2) is 4.79 Å². The average Bonchev–Trinajstić information content (AvgIpc) is 2.75. The van der Waals surface area contributed by atoms with Gasteiger partial charge in [0, 0.05) is 18.2 Å². The smallest absolute Gasteiger partial charge is 0.408 e. The second-order valence-electron chi connectivity index (χ2n) is 9.18. The van der Waals surface area contributed by atoms with Gasteiger partial charge in [0.05, 0.1) is 0 Å². The summed E-state index contributed by atoms with van der Waals surface area (Å²) in [5.74, 6) is 1.93. The zero-order valence-electron chi connectivity index (χ0n) is 21.0. The van der Waals surface area contributed by atoms with Gasteiger partial charge in [-0.3, -0.25) is 9.59 Å². The number of rotatable bonds is 10. The van der Waals surface area contributed by atoms with Gasteiger partial charge in [-0.2, -0.15) is 0 Å². The summed E-state index contributed by atoms with van der Waals surface area (Å²) in [6.07, 6.45) is 7.20. The SMILES string of the molecule is C#Cc1ccc(C(C(=O)NCCCC)N(C(=O)C(C)NC(=O)OC(C)(C)C)C(C)CC)cc1. The van der Waals surface area contributed by atoms with E-state index >= 15 is 0 Å². The number of terminal acetylenes is 1. The Kier molecular flexibility index (Phi) is 10.9. The van der Waals surface area contributed by atoms with Crippen LogP contribution in [0.2, 0.25) is 0 Å². The minimum Gasteiger partial charge on any atom is -0.444 e. The number of carbonyl (C=O) groups is 3. The monoisotopic (exact) mass is 457 g/mol. The predicted molar refractivity (Wildman–Crippen MR) is 130 cm³/mol. The van der Waals surface area contributed by atoms with E-state index in [1.165, 1.54) is 0 Å². The highest BCUT2D eigenvalue weighted by molar-refractivity contribution is 5.92. The Balaban J connectivity index is 3.32. The molecule has 7 nitrogen and oxygen atoms in total. The highest BCUT2D eigenvalue weighted by Crippen LogP contribution is 2.26. The fourth-order valence-electron chi connectivity index (χ4n) is 3.25. The Morgan fingerprint density at radius 3 is 2.21 bits per heavy atom. The minimum atomic E-state index is -0.884. The summed E-state index contributed by atoms with van der Waals surface area (Å²) in [6.45, 7) is 13.2. The lowest BCUT2D eigenvalue weighted by atomic mass is 9.99. The third kappa shape index (κ3) is 8.80. The van der Waals surface area contributed by atoms with E-state index in [2.05, 4.69) is 16.6 Å². The van der Waals surface area contributed by atoms with E-state index in [9.17, 15) is 14.4 Å². The first-order valence-electron chi connectivity index (χ1n) is 11.6. The third-order valence-electron chi connectivity index (χ3n) is 5.17. The number of nitrogens with one attached hydrogen (secondary N) is 2.